The van der Waals surface area contributed by atoms with Gasteiger partial charge in [0.15, 0.2) is 0 Å². The number of H-pyrrole nitrogens is 1. The van der Waals surface area contributed by atoms with Crippen molar-refractivity contribution < 1.29 is 14.3 Å². The van der Waals surface area contributed by atoms with E-state index in [0.717, 1.165) is 16.5 Å². The van der Waals surface area contributed by atoms with Gasteiger partial charge in [0.1, 0.15) is 11.8 Å². The molecule has 0 spiro atoms. The highest BCUT2D eigenvalue weighted by molar-refractivity contribution is 5.99. The minimum atomic E-state index is -0.356. The molecule has 5 rings (SSSR count). The third-order valence-electron chi connectivity index (χ3n) is 6.13. The summed E-state index contributed by atoms with van der Waals surface area (Å²) in [5, 5.41) is 15.9. The Bertz CT molecular complexity index is 1230. The lowest BCUT2D eigenvalue weighted by molar-refractivity contribution is 0.0928. The smallest absolute Gasteiger partial charge is 0.269 e. The van der Waals surface area contributed by atoms with Crippen LogP contribution in [0.2, 0.25) is 0 Å². The van der Waals surface area contributed by atoms with E-state index < -0.39 is 0 Å². The van der Waals surface area contributed by atoms with Gasteiger partial charge in [-0.15, -0.1) is 0 Å². The number of nitrogens with zero attached hydrogens (tertiary/aromatic N) is 2. The first-order chi connectivity index (χ1) is 15.1. The summed E-state index contributed by atoms with van der Waals surface area (Å²) in [5.74, 6) is 0.203. The van der Waals surface area contributed by atoms with Crippen LogP contribution in [0.4, 0.5) is 0 Å². The van der Waals surface area contributed by atoms with Gasteiger partial charge >= 0.3 is 0 Å². The number of ether oxygens (including phenoxy) is 1. The molecule has 31 heavy (non-hydrogen) atoms. The van der Waals surface area contributed by atoms with Gasteiger partial charge in [-0.1, -0.05) is 12.1 Å². The number of benzene rings is 1. The zero-order valence-corrected chi connectivity index (χ0v) is 16.9. The highest BCUT2D eigenvalue weighted by atomic mass is 16.5. The Labute approximate surface area is 178 Å². The molecule has 0 bridgehead atoms. The second-order valence-electron chi connectivity index (χ2n) is 8.01. The molecule has 8 nitrogen and oxygen atoms in total. The third kappa shape index (κ3) is 3.43. The number of amides is 2. The fourth-order valence-corrected chi connectivity index (χ4v) is 4.43. The van der Waals surface area contributed by atoms with E-state index in [9.17, 15) is 14.9 Å². The lowest BCUT2D eigenvalue weighted by Crippen LogP contribution is -2.30. The maximum Gasteiger partial charge on any atom is 0.269 e. The van der Waals surface area contributed by atoms with Gasteiger partial charge in [0.25, 0.3) is 11.8 Å². The summed E-state index contributed by atoms with van der Waals surface area (Å²) >= 11 is 0. The minimum absolute atomic E-state index is 0.133. The maximum atomic E-state index is 12.9. The lowest BCUT2D eigenvalue weighted by atomic mass is 10.0. The average Bonchev–Trinajstić information content (AvgIpc) is 3.16. The zero-order valence-electron chi connectivity index (χ0n) is 16.9. The summed E-state index contributed by atoms with van der Waals surface area (Å²) in [6, 6.07) is 11.3. The van der Waals surface area contributed by atoms with Crippen LogP contribution in [0.5, 0.6) is 0 Å². The van der Waals surface area contributed by atoms with E-state index in [4.69, 9.17) is 4.74 Å². The Morgan fingerprint density at radius 1 is 1.26 bits per heavy atom. The molecule has 0 radical (unpaired) electrons. The number of pyridine rings is 1. The van der Waals surface area contributed by atoms with Crippen LogP contribution in [0.15, 0.2) is 36.5 Å². The topological polar surface area (TPSA) is 120 Å². The summed E-state index contributed by atoms with van der Waals surface area (Å²) in [5.41, 5.74) is 3.48. The number of aromatic nitrogens is 2. The molecule has 1 aliphatic carbocycles. The van der Waals surface area contributed by atoms with E-state index in [1.165, 1.54) is 13.1 Å². The van der Waals surface area contributed by atoms with Crippen molar-refractivity contribution in [2.24, 2.45) is 11.8 Å². The van der Waals surface area contributed by atoms with Gasteiger partial charge in [0, 0.05) is 59.7 Å². The molecule has 3 N–H and O–H groups in total. The molecule has 156 valence electrons. The first-order valence-electron chi connectivity index (χ1n) is 10.2. The highest BCUT2D eigenvalue weighted by Crippen LogP contribution is 2.44. The van der Waals surface area contributed by atoms with Crippen LogP contribution >= 0.6 is 0 Å². The molecule has 3 aromatic rings. The van der Waals surface area contributed by atoms with Crippen LogP contribution in [0, 0.1) is 23.2 Å². The second kappa shape index (κ2) is 7.52. The van der Waals surface area contributed by atoms with Gasteiger partial charge in [-0.2, -0.15) is 5.26 Å². The molecule has 1 aromatic carbocycles. The second-order valence-corrected chi connectivity index (χ2v) is 8.01. The SMILES string of the molecule is CNC(=O)c1cc(C(=O)NC2[C@H]3COC[C@@H]23)cc(Cc2cccc3[nH]cc(C#N)c23)n1. The largest absolute Gasteiger partial charge is 0.381 e. The van der Waals surface area contributed by atoms with E-state index in [0.29, 0.717) is 48.3 Å². The van der Waals surface area contributed by atoms with Crippen molar-refractivity contribution >= 4 is 22.7 Å². The molecule has 1 saturated carbocycles. The van der Waals surface area contributed by atoms with E-state index >= 15 is 0 Å². The number of hydrogen-bond donors (Lipinski definition) is 3. The number of carbonyl (C=O) groups is 2. The normalized spacial score (nSPS) is 21.4. The van der Waals surface area contributed by atoms with Gasteiger partial charge in [0.05, 0.1) is 18.8 Å². The van der Waals surface area contributed by atoms with Crippen molar-refractivity contribution in [3.8, 4) is 6.07 Å². The van der Waals surface area contributed by atoms with Crippen molar-refractivity contribution in [2.75, 3.05) is 20.3 Å². The molecule has 1 aliphatic heterocycles. The van der Waals surface area contributed by atoms with Gasteiger partial charge < -0.3 is 20.4 Å². The summed E-state index contributed by atoms with van der Waals surface area (Å²) in [6.45, 7) is 1.37. The van der Waals surface area contributed by atoms with Crippen molar-refractivity contribution in [2.45, 2.75) is 12.5 Å². The maximum absolute atomic E-state index is 12.9. The summed E-state index contributed by atoms with van der Waals surface area (Å²) in [6.07, 6.45) is 2.06. The van der Waals surface area contributed by atoms with Gasteiger partial charge in [-0.25, -0.2) is 4.98 Å². The predicted molar refractivity (Wildman–Crippen MR) is 113 cm³/mol. The highest BCUT2D eigenvalue weighted by Gasteiger charge is 2.54. The number of hydrogen-bond acceptors (Lipinski definition) is 5. The van der Waals surface area contributed by atoms with Crippen LogP contribution in [0.1, 0.15) is 37.7 Å². The van der Waals surface area contributed by atoms with Gasteiger partial charge in [0.2, 0.25) is 0 Å². The first-order valence-corrected chi connectivity index (χ1v) is 10.2. The molecular weight excluding hydrogens is 394 g/mol. The molecule has 2 amide bonds. The predicted octanol–water partition coefficient (Wildman–Crippen LogP) is 1.76. The van der Waals surface area contributed by atoms with E-state index in [1.54, 1.807) is 12.3 Å². The van der Waals surface area contributed by atoms with E-state index in [1.807, 2.05) is 18.2 Å². The third-order valence-corrected chi connectivity index (χ3v) is 6.13. The Balaban J connectivity index is 1.48. The quantitative estimate of drug-likeness (QED) is 0.587. The van der Waals surface area contributed by atoms with Crippen molar-refractivity contribution in [1.29, 1.82) is 5.26 Å². The number of carbonyl (C=O) groups excluding carboxylic acids is 2. The van der Waals surface area contributed by atoms with Gasteiger partial charge in [-0.3, -0.25) is 9.59 Å². The number of rotatable bonds is 5. The fraction of sp³-hybridized carbons (Fsp3) is 0.304. The van der Waals surface area contributed by atoms with E-state index in [2.05, 4.69) is 26.7 Å². The fourth-order valence-electron chi connectivity index (χ4n) is 4.43. The number of aromatic amines is 1. The Kier molecular flexibility index (Phi) is 4.68. The molecular formula is C23H21N5O3. The lowest BCUT2D eigenvalue weighted by Gasteiger charge is -2.11. The van der Waals surface area contributed by atoms with Crippen molar-refractivity contribution in [3.05, 3.63) is 64.6 Å². The molecule has 1 saturated heterocycles. The van der Waals surface area contributed by atoms with E-state index in [-0.39, 0.29) is 23.6 Å². The van der Waals surface area contributed by atoms with Crippen LogP contribution in [-0.4, -0.2) is 48.1 Å². The first kappa shape index (κ1) is 19.3. The summed E-state index contributed by atoms with van der Waals surface area (Å²) < 4.78 is 5.38. The van der Waals surface area contributed by atoms with Crippen LogP contribution in [0.3, 0.4) is 0 Å². The van der Waals surface area contributed by atoms with Crippen molar-refractivity contribution in [3.63, 3.8) is 0 Å². The number of nitriles is 1. The Morgan fingerprint density at radius 3 is 2.81 bits per heavy atom. The zero-order chi connectivity index (χ0) is 21.5. The summed E-state index contributed by atoms with van der Waals surface area (Å²) in [4.78, 5) is 32.8. The number of fused-ring (bicyclic) bond motifs is 2. The molecule has 2 aromatic heterocycles. The van der Waals surface area contributed by atoms with Crippen LogP contribution < -0.4 is 10.6 Å². The Morgan fingerprint density at radius 2 is 2.06 bits per heavy atom. The molecule has 2 aliphatic rings. The van der Waals surface area contributed by atoms with Crippen molar-refractivity contribution in [1.82, 2.24) is 20.6 Å². The number of nitrogens with one attached hydrogen (secondary N) is 3. The standard InChI is InChI=1S/C23H21N5O3/c1-25-23(30)19-7-13(22(29)28-21-16-10-31-11-17(16)21)6-15(27-19)5-12-3-2-4-18-20(12)14(8-24)9-26-18/h2-4,6-7,9,16-17,21,26H,5,10-11H2,1H3,(H,25,30)(H,28,29)/t16-,17+,21?. The monoisotopic (exact) mass is 415 g/mol. The van der Waals surface area contributed by atoms with Crippen LogP contribution in [-0.2, 0) is 11.2 Å². The molecule has 2 fully saturated rings. The van der Waals surface area contributed by atoms with Gasteiger partial charge in [-0.05, 0) is 23.8 Å². The molecule has 3 heterocycles. The average molecular weight is 415 g/mol. The Hall–Kier alpha value is -3.70. The summed E-state index contributed by atoms with van der Waals surface area (Å²) in [7, 11) is 1.53. The van der Waals surface area contributed by atoms with Crippen LogP contribution in [0.25, 0.3) is 10.9 Å². The molecule has 8 heteroatoms. The minimum Gasteiger partial charge on any atom is -0.381 e. The molecule has 1 unspecified atom stereocenters. The molecule has 3 atom stereocenters.